The standard InChI is InChI=1S/C23H21N7O3/c1-13-18(12-26-23-20(13)24-8-9-33-23)30-17-6-7-25-21(31)19(17)22(32)29-16-4-2-14(3-5-16)15-10-27-28-11-15/h2-7,10-12,24H,8-9H2,1H3,(H,27,28)(H,29,32)(H2,25,30,31). The number of carbonyl (C=O) groups excluding carboxylic acids is 1. The van der Waals surface area contributed by atoms with Crippen LogP contribution in [0.2, 0.25) is 0 Å². The van der Waals surface area contributed by atoms with E-state index in [1.807, 2.05) is 19.1 Å². The second kappa shape index (κ2) is 8.50. The van der Waals surface area contributed by atoms with Crippen LogP contribution >= 0.6 is 0 Å². The lowest BCUT2D eigenvalue weighted by molar-refractivity contribution is 0.102. The first kappa shape index (κ1) is 20.3. The summed E-state index contributed by atoms with van der Waals surface area (Å²) in [4.78, 5) is 32.5. The SMILES string of the molecule is Cc1c(Nc2cc[nH]c(=O)c2C(=O)Nc2ccc(-c3cn[nH]c3)cc2)cnc2c1NCCO2. The number of amides is 1. The van der Waals surface area contributed by atoms with Gasteiger partial charge in [-0.2, -0.15) is 5.10 Å². The van der Waals surface area contributed by atoms with Crippen molar-refractivity contribution in [2.24, 2.45) is 0 Å². The van der Waals surface area contributed by atoms with Crippen LogP contribution in [0.3, 0.4) is 0 Å². The van der Waals surface area contributed by atoms with Gasteiger partial charge < -0.3 is 25.7 Å². The highest BCUT2D eigenvalue weighted by molar-refractivity contribution is 6.08. The number of pyridine rings is 2. The Hall–Kier alpha value is -4.60. The molecule has 33 heavy (non-hydrogen) atoms. The predicted molar refractivity (Wildman–Crippen MR) is 125 cm³/mol. The van der Waals surface area contributed by atoms with Crippen LogP contribution in [0, 0.1) is 6.92 Å². The maximum Gasteiger partial charge on any atom is 0.263 e. The van der Waals surface area contributed by atoms with Gasteiger partial charge in [0.1, 0.15) is 17.9 Å². The lowest BCUT2D eigenvalue weighted by Crippen LogP contribution is -2.25. The van der Waals surface area contributed by atoms with Crippen LogP contribution in [-0.2, 0) is 0 Å². The maximum atomic E-state index is 13.0. The number of fused-ring (bicyclic) bond motifs is 1. The highest BCUT2D eigenvalue weighted by Gasteiger charge is 2.20. The average molecular weight is 443 g/mol. The third kappa shape index (κ3) is 4.01. The summed E-state index contributed by atoms with van der Waals surface area (Å²) >= 11 is 0. The Bertz CT molecular complexity index is 1360. The minimum absolute atomic E-state index is 0.0299. The minimum Gasteiger partial charge on any atom is -0.474 e. The molecule has 0 saturated carbocycles. The predicted octanol–water partition coefficient (Wildman–Crippen LogP) is 3.27. The van der Waals surface area contributed by atoms with E-state index in [9.17, 15) is 9.59 Å². The topological polar surface area (TPSA) is 137 Å². The molecule has 0 bridgehead atoms. The molecule has 1 aliphatic rings. The monoisotopic (exact) mass is 443 g/mol. The van der Waals surface area contributed by atoms with Crippen molar-refractivity contribution in [3.05, 3.63) is 76.6 Å². The van der Waals surface area contributed by atoms with Crippen molar-refractivity contribution in [3.8, 4) is 17.0 Å². The van der Waals surface area contributed by atoms with Gasteiger partial charge in [0.15, 0.2) is 0 Å². The molecule has 3 aromatic heterocycles. The molecule has 0 radical (unpaired) electrons. The number of ether oxygens (including phenoxy) is 1. The molecule has 0 unspecified atom stereocenters. The molecule has 0 spiro atoms. The van der Waals surface area contributed by atoms with Gasteiger partial charge in [0.05, 0.1) is 23.8 Å². The van der Waals surface area contributed by atoms with E-state index in [2.05, 4.69) is 36.1 Å². The fourth-order valence-electron chi connectivity index (χ4n) is 3.65. The molecule has 10 nitrogen and oxygen atoms in total. The number of benzene rings is 1. The van der Waals surface area contributed by atoms with E-state index in [-0.39, 0.29) is 5.56 Å². The zero-order valence-electron chi connectivity index (χ0n) is 17.7. The van der Waals surface area contributed by atoms with E-state index in [0.717, 1.165) is 22.4 Å². The molecule has 5 N–H and O–H groups in total. The number of hydrogen-bond acceptors (Lipinski definition) is 7. The summed E-state index contributed by atoms with van der Waals surface area (Å²) in [5, 5.41) is 15.9. The van der Waals surface area contributed by atoms with Gasteiger partial charge in [-0.3, -0.25) is 14.7 Å². The lowest BCUT2D eigenvalue weighted by Gasteiger charge is -2.22. The van der Waals surface area contributed by atoms with Gasteiger partial charge in [0.25, 0.3) is 11.5 Å². The van der Waals surface area contributed by atoms with Gasteiger partial charge in [0, 0.05) is 35.8 Å². The van der Waals surface area contributed by atoms with Crippen LogP contribution in [-0.4, -0.2) is 39.2 Å². The summed E-state index contributed by atoms with van der Waals surface area (Å²) in [6.07, 6.45) is 6.62. The highest BCUT2D eigenvalue weighted by Crippen LogP contribution is 2.34. The number of aromatic nitrogens is 4. The average Bonchev–Trinajstić information content (AvgIpc) is 3.37. The van der Waals surface area contributed by atoms with Gasteiger partial charge in [-0.1, -0.05) is 12.1 Å². The van der Waals surface area contributed by atoms with E-state index in [4.69, 9.17) is 4.74 Å². The molecular formula is C23H21N7O3. The maximum absolute atomic E-state index is 13.0. The molecule has 1 aliphatic heterocycles. The first-order chi connectivity index (χ1) is 16.1. The Balaban J connectivity index is 1.40. The van der Waals surface area contributed by atoms with Crippen molar-refractivity contribution < 1.29 is 9.53 Å². The Kier molecular flexibility index (Phi) is 5.23. The summed E-state index contributed by atoms with van der Waals surface area (Å²) in [7, 11) is 0. The minimum atomic E-state index is -0.527. The summed E-state index contributed by atoms with van der Waals surface area (Å²) in [5.41, 5.74) is 4.62. The van der Waals surface area contributed by atoms with Crippen molar-refractivity contribution in [2.45, 2.75) is 6.92 Å². The van der Waals surface area contributed by atoms with Gasteiger partial charge in [-0.25, -0.2) is 4.98 Å². The number of nitrogens with one attached hydrogen (secondary N) is 5. The number of aromatic amines is 2. The van der Waals surface area contributed by atoms with E-state index >= 15 is 0 Å². The molecule has 166 valence electrons. The van der Waals surface area contributed by atoms with Gasteiger partial charge in [0.2, 0.25) is 5.88 Å². The molecule has 5 rings (SSSR count). The van der Waals surface area contributed by atoms with Gasteiger partial charge >= 0.3 is 0 Å². The molecule has 1 aromatic carbocycles. The van der Waals surface area contributed by atoms with Crippen molar-refractivity contribution in [1.82, 2.24) is 20.2 Å². The molecule has 4 aromatic rings. The fourth-order valence-corrected chi connectivity index (χ4v) is 3.65. The number of rotatable bonds is 5. The lowest BCUT2D eigenvalue weighted by atomic mass is 10.1. The van der Waals surface area contributed by atoms with E-state index in [1.165, 1.54) is 6.20 Å². The van der Waals surface area contributed by atoms with Crippen LogP contribution in [0.4, 0.5) is 22.7 Å². The number of H-pyrrole nitrogens is 2. The van der Waals surface area contributed by atoms with E-state index < -0.39 is 11.5 Å². The Labute approximate surface area is 188 Å². The zero-order valence-corrected chi connectivity index (χ0v) is 17.7. The summed E-state index contributed by atoms with van der Waals surface area (Å²) in [6.45, 7) is 3.14. The molecule has 0 atom stereocenters. The zero-order chi connectivity index (χ0) is 22.8. The summed E-state index contributed by atoms with van der Waals surface area (Å²) < 4.78 is 5.56. The third-order valence-electron chi connectivity index (χ3n) is 5.38. The molecule has 0 fully saturated rings. The molecule has 0 saturated heterocycles. The molecule has 1 amide bonds. The Morgan fingerprint density at radius 2 is 1.94 bits per heavy atom. The normalized spacial score (nSPS) is 12.3. The molecule has 10 heteroatoms. The van der Waals surface area contributed by atoms with Crippen LogP contribution < -0.4 is 26.2 Å². The molecular weight excluding hydrogens is 422 g/mol. The largest absolute Gasteiger partial charge is 0.474 e. The van der Waals surface area contributed by atoms with Crippen LogP contribution in [0.5, 0.6) is 5.88 Å². The first-order valence-corrected chi connectivity index (χ1v) is 10.4. The molecule has 0 aliphatic carbocycles. The first-order valence-electron chi connectivity index (χ1n) is 10.4. The second-order valence-electron chi connectivity index (χ2n) is 7.49. The smallest absolute Gasteiger partial charge is 0.263 e. The number of nitrogens with zero attached hydrogens (tertiary/aromatic N) is 2. The van der Waals surface area contributed by atoms with Gasteiger partial charge in [-0.15, -0.1) is 0 Å². The van der Waals surface area contributed by atoms with Crippen molar-refractivity contribution in [1.29, 1.82) is 0 Å². The van der Waals surface area contributed by atoms with Gasteiger partial charge in [-0.05, 0) is 30.7 Å². The van der Waals surface area contributed by atoms with Crippen LogP contribution in [0.1, 0.15) is 15.9 Å². The second-order valence-corrected chi connectivity index (χ2v) is 7.49. The van der Waals surface area contributed by atoms with Crippen LogP contribution in [0.15, 0.2) is 59.9 Å². The Morgan fingerprint density at radius 3 is 2.73 bits per heavy atom. The fraction of sp³-hybridized carbons (Fsp3) is 0.130. The quantitative estimate of drug-likeness (QED) is 0.319. The van der Waals surface area contributed by atoms with Crippen molar-refractivity contribution >= 4 is 28.7 Å². The van der Waals surface area contributed by atoms with Crippen molar-refractivity contribution in [3.63, 3.8) is 0 Å². The van der Waals surface area contributed by atoms with E-state index in [1.54, 1.807) is 36.8 Å². The summed E-state index contributed by atoms with van der Waals surface area (Å²) in [5.74, 6) is 0.00693. The highest BCUT2D eigenvalue weighted by atomic mass is 16.5. The number of hydrogen-bond donors (Lipinski definition) is 5. The number of carbonyl (C=O) groups is 1. The number of anilines is 4. The third-order valence-corrected chi connectivity index (χ3v) is 5.38. The summed E-state index contributed by atoms with van der Waals surface area (Å²) in [6, 6.07) is 8.92. The van der Waals surface area contributed by atoms with Crippen LogP contribution in [0.25, 0.3) is 11.1 Å². The Morgan fingerprint density at radius 1 is 1.09 bits per heavy atom. The van der Waals surface area contributed by atoms with E-state index in [0.29, 0.717) is 36.1 Å². The molecule has 4 heterocycles. The van der Waals surface area contributed by atoms with Crippen molar-refractivity contribution in [2.75, 3.05) is 29.1 Å².